The average Bonchev–Trinajstić information content (AvgIpc) is 2.30. The van der Waals surface area contributed by atoms with E-state index in [1.807, 2.05) is 18.2 Å². The van der Waals surface area contributed by atoms with Crippen LogP contribution in [0, 0.1) is 0 Å². The Hall–Kier alpha value is -2.03. The molecule has 0 fully saturated rings. The predicted octanol–water partition coefficient (Wildman–Crippen LogP) is 2.97. The number of rotatable bonds is 3. The van der Waals surface area contributed by atoms with Crippen molar-refractivity contribution in [1.82, 2.24) is 4.98 Å². The fraction of sp³-hybridized carbons (Fsp3) is 0.154. The molecule has 2 aromatic rings. The molecule has 2 rings (SSSR count). The van der Waals surface area contributed by atoms with Crippen molar-refractivity contribution in [1.29, 1.82) is 0 Å². The first-order valence-electron chi connectivity index (χ1n) is 5.35. The minimum atomic E-state index is 0.711. The van der Waals surface area contributed by atoms with E-state index in [2.05, 4.69) is 29.4 Å². The van der Waals surface area contributed by atoms with Gasteiger partial charge >= 0.3 is 0 Å². The van der Waals surface area contributed by atoms with Gasteiger partial charge in [-0.25, -0.2) is 4.98 Å². The zero-order chi connectivity index (χ0) is 11.4. The molecule has 3 nitrogen and oxygen atoms in total. The maximum atomic E-state index is 5.68. The van der Waals surface area contributed by atoms with E-state index in [-0.39, 0.29) is 0 Å². The van der Waals surface area contributed by atoms with Gasteiger partial charge in [0.05, 0.1) is 0 Å². The molecule has 0 bridgehead atoms. The second-order valence-corrected chi connectivity index (χ2v) is 3.65. The van der Waals surface area contributed by atoms with Gasteiger partial charge in [0, 0.05) is 23.6 Å². The average molecular weight is 213 g/mol. The normalized spacial score (nSPS) is 10.1. The molecule has 0 aliphatic carbocycles. The number of nitrogen functional groups attached to an aromatic ring is 1. The van der Waals surface area contributed by atoms with Gasteiger partial charge in [0.2, 0.25) is 0 Å². The number of pyridine rings is 1. The molecule has 0 atom stereocenters. The van der Waals surface area contributed by atoms with Crippen LogP contribution in [0.5, 0.6) is 0 Å². The lowest BCUT2D eigenvalue weighted by atomic mass is 10.1. The van der Waals surface area contributed by atoms with Gasteiger partial charge in [-0.05, 0) is 30.2 Å². The number of nitrogens with one attached hydrogen (secondary N) is 1. The molecular weight excluding hydrogens is 198 g/mol. The molecule has 1 heterocycles. The highest BCUT2D eigenvalue weighted by Crippen LogP contribution is 2.16. The molecule has 3 N–H and O–H groups in total. The molecule has 0 radical (unpaired) electrons. The fourth-order valence-electron chi connectivity index (χ4n) is 1.49. The first-order chi connectivity index (χ1) is 7.78. The van der Waals surface area contributed by atoms with E-state index in [1.54, 1.807) is 12.3 Å². The van der Waals surface area contributed by atoms with Crippen molar-refractivity contribution in [2.24, 2.45) is 0 Å². The zero-order valence-corrected chi connectivity index (χ0v) is 9.27. The highest BCUT2D eigenvalue weighted by Gasteiger charge is 1.96. The summed E-state index contributed by atoms with van der Waals surface area (Å²) in [5, 5.41) is 3.20. The smallest absolute Gasteiger partial charge is 0.132 e. The second kappa shape index (κ2) is 4.66. The number of hydrogen-bond donors (Lipinski definition) is 2. The summed E-state index contributed by atoms with van der Waals surface area (Å²) in [6, 6.07) is 11.9. The standard InChI is InChI=1S/C13H15N3/c1-2-10-3-5-12(6-4-10)16-13-9-11(14)7-8-15-13/h3-9H,2H2,1H3,(H3,14,15,16). The van der Waals surface area contributed by atoms with E-state index in [4.69, 9.17) is 5.73 Å². The molecule has 0 spiro atoms. The van der Waals surface area contributed by atoms with Crippen LogP contribution in [0.15, 0.2) is 42.6 Å². The van der Waals surface area contributed by atoms with Crippen molar-refractivity contribution in [3.8, 4) is 0 Å². The van der Waals surface area contributed by atoms with Gasteiger partial charge in [-0.2, -0.15) is 0 Å². The number of anilines is 3. The Kier molecular flexibility index (Phi) is 3.05. The molecule has 0 aliphatic heterocycles. The summed E-state index contributed by atoms with van der Waals surface area (Å²) in [5.41, 5.74) is 8.74. The highest BCUT2D eigenvalue weighted by atomic mass is 15.0. The lowest BCUT2D eigenvalue weighted by molar-refractivity contribution is 1.14. The lowest BCUT2D eigenvalue weighted by Crippen LogP contribution is -1.95. The van der Waals surface area contributed by atoms with Crippen LogP contribution >= 0.6 is 0 Å². The monoisotopic (exact) mass is 213 g/mol. The number of hydrogen-bond acceptors (Lipinski definition) is 3. The Morgan fingerprint density at radius 3 is 2.56 bits per heavy atom. The Bertz CT molecular complexity index is 463. The maximum absolute atomic E-state index is 5.68. The topological polar surface area (TPSA) is 50.9 Å². The zero-order valence-electron chi connectivity index (χ0n) is 9.27. The predicted molar refractivity (Wildman–Crippen MR) is 67.8 cm³/mol. The van der Waals surface area contributed by atoms with Gasteiger partial charge in [0.25, 0.3) is 0 Å². The third kappa shape index (κ3) is 2.51. The quantitative estimate of drug-likeness (QED) is 0.824. The van der Waals surface area contributed by atoms with Crippen molar-refractivity contribution in [3.63, 3.8) is 0 Å². The lowest BCUT2D eigenvalue weighted by Gasteiger charge is -2.06. The SMILES string of the molecule is CCc1ccc(Nc2cc(N)ccn2)cc1. The Morgan fingerprint density at radius 1 is 1.19 bits per heavy atom. The first-order valence-corrected chi connectivity index (χ1v) is 5.35. The molecule has 0 unspecified atom stereocenters. The molecular formula is C13H15N3. The van der Waals surface area contributed by atoms with E-state index in [0.717, 1.165) is 17.9 Å². The largest absolute Gasteiger partial charge is 0.399 e. The van der Waals surface area contributed by atoms with Crippen LogP contribution in [-0.4, -0.2) is 4.98 Å². The van der Waals surface area contributed by atoms with E-state index >= 15 is 0 Å². The third-order valence-electron chi connectivity index (χ3n) is 2.42. The van der Waals surface area contributed by atoms with Crippen LogP contribution in [0.25, 0.3) is 0 Å². The van der Waals surface area contributed by atoms with E-state index in [1.165, 1.54) is 5.56 Å². The fourth-order valence-corrected chi connectivity index (χ4v) is 1.49. The Labute approximate surface area is 95.3 Å². The summed E-state index contributed by atoms with van der Waals surface area (Å²) in [7, 11) is 0. The van der Waals surface area contributed by atoms with Gasteiger partial charge in [-0.15, -0.1) is 0 Å². The van der Waals surface area contributed by atoms with Gasteiger partial charge in [-0.1, -0.05) is 19.1 Å². The van der Waals surface area contributed by atoms with Crippen LogP contribution in [0.3, 0.4) is 0 Å². The summed E-state index contributed by atoms with van der Waals surface area (Å²) in [6.45, 7) is 2.14. The number of nitrogens with two attached hydrogens (primary N) is 1. The van der Waals surface area contributed by atoms with Crippen molar-refractivity contribution >= 4 is 17.2 Å². The summed E-state index contributed by atoms with van der Waals surface area (Å²) in [6.07, 6.45) is 2.74. The van der Waals surface area contributed by atoms with Crippen LogP contribution in [-0.2, 0) is 6.42 Å². The summed E-state index contributed by atoms with van der Waals surface area (Å²) in [5.74, 6) is 0.768. The molecule has 3 heteroatoms. The molecule has 0 saturated heterocycles. The number of aryl methyl sites for hydroxylation is 1. The number of aromatic nitrogens is 1. The first kappa shape index (κ1) is 10.5. The number of benzene rings is 1. The van der Waals surface area contributed by atoms with Crippen LogP contribution in [0.2, 0.25) is 0 Å². The highest BCUT2D eigenvalue weighted by molar-refractivity contribution is 5.59. The van der Waals surface area contributed by atoms with Gasteiger partial charge in [0.15, 0.2) is 0 Å². The van der Waals surface area contributed by atoms with Crippen molar-refractivity contribution in [2.75, 3.05) is 11.1 Å². The van der Waals surface area contributed by atoms with Gasteiger partial charge in [0.1, 0.15) is 5.82 Å². The second-order valence-electron chi connectivity index (χ2n) is 3.65. The third-order valence-corrected chi connectivity index (χ3v) is 2.42. The molecule has 82 valence electrons. The van der Waals surface area contributed by atoms with E-state index in [0.29, 0.717) is 5.69 Å². The summed E-state index contributed by atoms with van der Waals surface area (Å²) in [4.78, 5) is 4.19. The van der Waals surface area contributed by atoms with Gasteiger partial charge < -0.3 is 11.1 Å². The summed E-state index contributed by atoms with van der Waals surface area (Å²) >= 11 is 0. The molecule has 1 aromatic heterocycles. The minimum Gasteiger partial charge on any atom is -0.399 e. The van der Waals surface area contributed by atoms with Crippen molar-refractivity contribution < 1.29 is 0 Å². The van der Waals surface area contributed by atoms with E-state index < -0.39 is 0 Å². The molecule has 0 saturated carbocycles. The van der Waals surface area contributed by atoms with Crippen molar-refractivity contribution in [2.45, 2.75) is 13.3 Å². The number of nitrogens with zero attached hydrogens (tertiary/aromatic N) is 1. The Morgan fingerprint density at radius 2 is 1.94 bits per heavy atom. The van der Waals surface area contributed by atoms with Crippen LogP contribution < -0.4 is 11.1 Å². The van der Waals surface area contributed by atoms with Crippen molar-refractivity contribution in [3.05, 3.63) is 48.2 Å². The van der Waals surface area contributed by atoms with Gasteiger partial charge in [-0.3, -0.25) is 0 Å². The van der Waals surface area contributed by atoms with Crippen LogP contribution in [0.1, 0.15) is 12.5 Å². The van der Waals surface area contributed by atoms with E-state index in [9.17, 15) is 0 Å². The molecule has 1 aromatic carbocycles. The van der Waals surface area contributed by atoms with Crippen LogP contribution in [0.4, 0.5) is 17.2 Å². The minimum absolute atomic E-state index is 0.711. The Balaban J connectivity index is 2.14. The summed E-state index contributed by atoms with van der Waals surface area (Å²) < 4.78 is 0. The molecule has 0 aliphatic rings. The molecule has 0 amide bonds. The maximum Gasteiger partial charge on any atom is 0.132 e. The molecule has 16 heavy (non-hydrogen) atoms.